The van der Waals surface area contributed by atoms with E-state index in [0.717, 1.165) is 10.0 Å². The highest BCUT2D eigenvalue weighted by Crippen LogP contribution is 2.16. The van der Waals surface area contributed by atoms with Gasteiger partial charge in [0.15, 0.2) is 0 Å². The first-order chi connectivity index (χ1) is 8.08. The van der Waals surface area contributed by atoms with Crippen molar-refractivity contribution in [2.45, 2.75) is 11.4 Å². The first kappa shape index (κ1) is 12.3. The summed E-state index contributed by atoms with van der Waals surface area (Å²) in [5, 5.41) is 0. The third kappa shape index (κ3) is 3.18. The lowest BCUT2D eigenvalue weighted by Crippen LogP contribution is -2.22. The zero-order chi connectivity index (χ0) is 12.3. The molecule has 2 aromatic rings. The molecule has 2 rings (SSSR count). The summed E-state index contributed by atoms with van der Waals surface area (Å²) in [5.74, 6) is 0. The van der Waals surface area contributed by atoms with Gasteiger partial charge in [-0.1, -0.05) is 22.0 Å². The Morgan fingerprint density at radius 2 is 2.12 bits per heavy atom. The predicted octanol–water partition coefficient (Wildman–Crippen LogP) is 2.52. The Bertz CT molecular complexity index is 593. The van der Waals surface area contributed by atoms with E-state index in [1.54, 1.807) is 30.3 Å². The lowest BCUT2D eigenvalue weighted by atomic mass is 10.4. The molecule has 0 aliphatic heterocycles. The van der Waals surface area contributed by atoms with Crippen LogP contribution in [0.4, 0.5) is 0 Å². The van der Waals surface area contributed by atoms with E-state index >= 15 is 0 Å². The molecule has 0 unspecified atom stereocenters. The highest BCUT2D eigenvalue weighted by atomic mass is 79.9. The number of rotatable bonds is 4. The maximum Gasteiger partial charge on any atom is 0.240 e. The molecule has 17 heavy (non-hydrogen) atoms. The Morgan fingerprint density at radius 1 is 1.29 bits per heavy atom. The van der Waals surface area contributed by atoms with E-state index in [-0.39, 0.29) is 11.4 Å². The van der Waals surface area contributed by atoms with Gasteiger partial charge in [0.05, 0.1) is 17.4 Å². The summed E-state index contributed by atoms with van der Waals surface area (Å²) >= 11 is 3.24. The van der Waals surface area contributed by atoms with Gasteiger partial charge in [0.25, 0.3) is 0 Å². The van der Waals surface area contributed by atoms with E-state index in [0.29, 0.717) is 0 Å². The summed E-state index contributed by atoms with van der Waals surface area (Å²) in [5.41, 5.74) is 0.781. The van der Waals surface area contributed by atoms with Crippen LogP contribution in [0.5, 0.6) is 0 Å². The van der Waals surface area contributed by atoms with Crippen molar-refractivity contribution in [3.05, 3.63) is 52.9 Å². The molecule has 90 valence electrons. The molecule has 0 aliphatic rings. The molecule has 1 N–H and O–H groups in total. The molecule has 0 spiro atoms. The average molecular weight is 316 g/mol. The highest BCUT2D eigenvalue weighted by molar-refractivity contribution is 9.10. The molecule has 6 heteroatoms. The third-order valence-electron chi connectivity index (χ3n) is 2.15. The molecule has 4 nitrogen and oxygen atoms in total. The maximum absolute atomic E-state index is 11.9. The second-order valence-corrected chi connectivity index (χ2v) is 6.10. The molecule has 0 amide bonds. The van der Waals surface area contributed by atoms with Crippen LogP contribution in [-0.2, 0) is 16.6 Å². The lowest BCUT2D eigenvalue weighted by Gasteiger charge is -2.05. The zero-order valence-corrected chi connectivity index (χ0v) is 11.2. The second-order valence-electron chi connectivity index (χ2n) is 3.41. The van der Waals surface area contributed by atoms with E-state index in [1.807, 2.05) is 0 Å². The van der Waals surface area contributed by atoms with Gasteiger partial charge in [0.2, 0.25) is 10.0 Å². The smallest absolute Gasteiger partial charge is 0.240 e. The summed E-state index contributed by atoms with van der Waals surface area (Å²) in [6.45, 7) is 0.214. The monoisotopic (exact) mass is 315 g/mol. The first-order valence-corrected chi connectivity index (χ1v) is 7.12. The number of nitrogens with one attached hydrogen (secondary N) is 1. The van der Waals surface area contributed by atoms with Crippen molar-refractivity contribution in [2.75, 3.05) is 0 Å². The molecule has 0 bridgehead atoms. The van der Waals surface area contributed by atoms with Crippen LogP contribution in [0.25, 0.3) is 0 Å². The summed E-state index contributed by atoms with van der Waals surface area (Å²) in [4.78, 5) is 0.232. The van der Waals surface area contributed by atoms with Gasteiger partial charge in [-0.05, 0) is 24.3 Å². The van der Waals surface area contributed by atoms with Crippen LogP contribution in [0.2, 0.25) is 0 Å². The van der Waals surface area contributed by atoms with Gasteiger partial charge in [-0.15, -0.1) is 0 Å². The molecule has 1 heterocycles. The molecule has 1 aromatic carbocycles. The molecule has 0 aliphatic carbocycles. The fourth-order valence-electron chi connectivity index (χ4n) is 1.29. The quantitative estimate of drug-likeness (QED) is 0.943. The Kier molecular flexibility index (Phi) is 3.66. The fraction of sp³-hybridized carbons (Fsp3) is 0.0909. The molecular weight excluding hydrogens is 306 g/mol. The average Bonchev–Trinajstić information content (AvgIpc) is 2.79. The van der Waals surface area contributed by atoms with E-state index in [1.165, 1.54) is 12.5 Å². The highest BCUT2D eigenvalue weighted by Gasteiger charge is 2.13. The van der Waals surface area contributed by atoms with Crippen LogP contribution in [0.1, 0.15) is 5.56 Å². The van der Waals surface area contributed by atoms with Crippen LogP contribution in [0, 0.1) is 0 Å². The zero-order valence-electron chi connectivity index (χ0n) is 8.76. The molecule has 0 fully saturated rings. The summed E-state index contributed by atoms with van der Waals surface area (Å²) < 4.78 is 31.9. The lowest BCUT2D eigenvalue weighted by molar-refractivity contribution is 0.561. The fourth-order valence-corrected chi connectivity index (χ4v) is 2.90. The van der Waals surface area contributed by atoms with Gasteiger partial charge in [0.1, 0.15) is 0 Å². The number of furan rings is 1. The molecular formula is C11H10BrNO3S. The summed E-state index contributed by atoms with van der Waals surface area (Å²) in [6.07, 6.45) is 3.01. The summed E-state index contributed by atoms with van der Waals surface area (Å²) in [7, 11) is -3.48. The van der Waals surface area contributed by atoms with Gasteiger partial charge >= 0.3 is 0 Å². The SMILES string of the molecule is O=S(=O)(NCc1ccoc1)c1cccc(Br)c1. The topological polar surface area (TPSA) is 59.3 Å². The number of halogens is 1. The standard InChI is InChI=1S/C11H10BrNO3S/c12-10-2-1-3-11(6-10)17(14,15)13-7-9-4-5-16-8-9/h1-6,8,13H,7H2. The van der Waals surface area contributed by atoms with Crippen molar-refractivity contribution >= 4 is 26.0 Å². The van der Waals surface area contributed by atoms with Gasteiger partial charge in [-0.3, -0.25) is 0 Å². The Labute approximate surface area is 108 Å². The van der Waals surface area contributed by atoms with Crippen LogP contribution in [-0.4, -0.2) is 8.42 Å². The van der Waals surface area contributed by atoms with E-state index < -0.39 is 10.0 Å². The minimum Gasteiger partial charge on any atom is -0.472 e. The van der Waals surface area contributed by atoms with Crippen molar-refractivity contribution in [1.82, 2.24) is 4.72 Å². The molecule has 0 saturated carbocycles. The van der Waals surface area contributed by atoms with Gasteiger partial charge in [-0.25, -0.2) is 13.1 Å². The van der Waals surface area contributed by atoms with Crippen molar-refractivity contribution < 1.29 is 12.8 Å². The molecule has 1 aromatic heterocycles. The van der Waals surface area contributed by atoms with Crippen molar-refractivity contribution in [2.24, 2.45) is 0 Å². The second kappa shape index (κ2) is 5.03. The maximum atomic E-state index is 11.9. The Balaban J connectivity index is 2.14. The number of benzene rings is 1. The van der Waals surface area contributed by atoms with Crippen LogP contribution in [0.3, 0.4) is 0 Å². The minimum atomic E-state index is -3.48. The summed E-state index contributed by atoms with van der Waals surface area (Å²) in [6, 6.07) is 8.26. The number of hydrogen-bond donors (Lipinski definition) is 1. The molecule has 0 radical (unpaired) electrons. The van der Waals surface area contributed by atoms with E-state index in [9.17, 15) is 8.42 Å². The minimum absolute atomic E-state index is 0.214. The van der Waals surface area contributed by atoms with Crippen molar-refractivity contribution in [3.63, 3.8) is 0 Å². The van der Waals surface area contributed by atoms with Crippen LogP contribution in [0.15, 0.2) is 56.6 Å². The van der Waals surface area contributed by atoms with Crippen LogP contribution >= 0.6 is 15.9 Å². The normalized spacial score (nSPS) is 11.6. The third-order valence-corrected chi connectivity index (χ3v) is 4.04. The Hall–Kier alpha value is -1.11. The van der Waals surface area contributed by atoms with Crippen molar-refractivity contribution in [3.8, 4) is 0 Å². The van der Waals surface area contributed by atoms with Gasteiger partial charge in [0, 0.05) is 16.6 Å². The largest absolute Gasteiger partial charge is 0.472 e. The molecule has 0 atom stereocenters. The Morgan fingerprint density at radius 3 is 2.76 bits per heavy atom. The van der Waals surface area contributed by atoms with Crippen LogP contribution < -0.4 is 4.72 Å². The number of hydrogen-bond acceptors (Lipinski definition) is 3. The van der Waals surface area contributed by atoms with Gasteiger partial charge < -0.3 is 4.42 Å². The molecule has 0 saturated heterocycles. The first-order valence-electron chi connectivity index (χ1n) is 4.84. The number of sulfonamides is 1. The van der Waals surface area contributed by atoms with Crippen molar-refractivity contribution in [1.29, 1.82) is 0 Å². The van der Waals surface area contributed by atoms with E-state index in [2.05, 4.69) is 20.7 Å². The van der Waals surface area contributed by atoms with E-state index in [4.69, 9.17) is 4.42 Å². The van der Waals surface area contributed by atoms with Gasteiger partial charge in [-0.2, -0.15) is 0 Å². The predicted molar refractivity (Wildman–Crippen MR) is 66.9 cm³/mol.